The zero-order valence-electron chi connectivity index (χ0n) is 12.7. The minimum absolute atomic E-state index is 0.152. The molecular formula is C16H14N2O6. The van der Waals surface area contributed by atoms with Gasteiger partial charge in [0.25, 0.3) is 11.6 Å². The van der Waals surface area contributed by atoms with Crippen LogP contribution in [0.2, 0.25) is 0 Å². The molecule has 0 saturated carbocycles. The molecule has 2 rings (SSSR count). The quantitative estimate of drug-likeness (QED) is 0.495. The summed E-state index contributed by atoms with van der Waals surface area (Å²) < 4.78 is 9.90. The molecule has 8 heteroatoms. The van der Waals surface area contributed by atoms with Crippen molar-refractivity contribution >= 4 is 23.3 Å². The lowest BCUT2D eigenvalue weighted by Crippen LogP contribution is -2.21. The lowest BCUT2D eigenvalue weighted by molar-refractivity contribution is -0.384. The highest BCUT2D eigenvalue weighted by Crippen LogP contribution is 2.17. The summed E-state index contributed by atoms with van der Waals surface area (Å²) in [6, 6.07) is 11.8. The third-order valence-corrected chi connectivity index (χ3v) is 2.98. The molecule has 0 atom stereocenters. The van der Waals surface area contributed by atoms with Crippen LogP contribution >= 0.6 is 0 Å². The Labute approximate surface area is 137 Å². The third-order valence-electron chi connectivity index (χ3n) is 2.98. The maximum absolute atomic E-state index is 11.9. The van der Waals surface area contributed by atoms with Crippen LogP contribution in [0.4, 0.5) is 11.4 Å². The minimum Gasteiger partial charge on any atom is -0.497 e. The van der Waals surface area contributed by atoms with Crippen LogP contribution in [0.5, 0.6) is 5.75 Å². The maximum atomic E-state index is 11.9. The normalized spacial score (nSPS) is 9.88. The summed E-state index contributed by atoms with van der Waals surface area (Å²) >= 11 is 0. The number of carbonyl (C=O) groups excluding carboxylic acids is 2. The van der Waals surface area contributed by atoms with Crippen LogP contribution in [0, 0.1) is 10.1 Å². The summed E-state index contributed by atoms with van der Waals surface area (Å²) in [5, 5.41) is 13.1. The largest absolute Gasteiger partial charge is 0.497 e. The van der Waals surface area contributed by atoms with Crippen molar-refractivity contribution in [2.75, 3.05) is 19.0 Å². The molecule has 1 amide bonds. The molecule has 2 aromatic rings. The zero-order valence-corrected chi connectivity index (χ0v) is 12.7. The second-order valence-corrected chi connectivity index (χ2v) is 4.66. The van der Waals surface area contributed by atoms with Gasteiger partial charge >= 0.3 is 5.97 Å². The SMILES string of the molecule is COc1cccc(C(=O)OCC(=O)Nc2cccc([N+](=O)[O-])c2)c1. The Morgan fingerprint density at radius 2 is 1.92 bits per heavy atom. The average molecular weight is 330 g/mol. The van der Waals surface area contributed by atoms with E-state index in [0.29, 0.717) is 5.75 Å². The van der Waals surface area contributed by atoms with Gasteiger partial charge in [-0.1, -0.05) is 12.1 Å². The van der Waals surface area contributed by atoms with Gasteiger partial charge in [0.05, 0.1) is 17.6 Å². The number of non-ortho nitro benzene ring substituents is 1. The number of methoxy groups -OCH3 is 1. The number of hydrogen-bond donors (Lipinski definition) is 1. The number of hydrogen-bond acceptors (Lipinski definition) is 6. The number of rotatable bonds is 6. The number of benzene rings is 2. The molecule has 0 unspecified atom stereocenters. The molecule has 0 heterocycles. The van der Waals surface area contributed by atoms with Gasteiger partial charge < -0.3 is 14.8 Å². The predicted octanol–water partition coefficient (Wildman–Crippen LogP) is 2.40. The average Bonchev–Trinajstić information content (AvgIpc) is 2.60. The summed E-state index contributed by atoms with van der Waals surface area (Å²) in [6.07, 6.45) is 0. The van der Waals surface area contributed by atoms with Gasteiger partial charge in [0.15, 0.2) is 6.61 Å². The Bertz CT molecular complexity index is 775. The Morgan fingerprint density at radius 1 is 1.17 bits per heavy atom. The molecule has 2 aromatic carbocycles. The van der Waals surface area contributed by atoms with E-state index >= 15 is 0 Å². The molecular weight excluding hydrogens is 316 g/mol. The number of nitrogens with one attached hydrogen (secondary N) is 1. The van der Waals surface area contributed by atoms with Crippen LogP contribution in [0.1, 0.15) is 10.4 Å². The van der Waals surface area contributed by atoms with Crippen molar-refractivity contribution in [3.05, 3.63) is 64.2 Å². The van der Waals surface area contributed by atoms with E-state index in [4.69, 9.17) is 9.47 Å². The highest BCUT2D eigenvalue weighted by atomic mass is 16.6. The molecule has 0 fully saturated rings. The fourth-order valence-electron chi connectivity index (χ4n) is 1.86. The number of nitro groups is 1. The highest BCUT2D eigenvalue weighted by molar-refractivity contribution is 5.95. The third kappa shape index (κ3) is 4.54. The first-order chi connectivity index (χ1) is 11.5. The molecule has 0 aromatic heterocycles. The van der Waals surface area contributed by atoms with Gasteiger partial charge in [0.2, 0.25) is 0 Å². The summed E-state index contributed by atoms with van der Waals surface area (Å²) in [6.45, 7) is -0.515. The van der Waals surface area contributed by atoms with E-state index < -0.39 is 23.4 Å². The molecule has 0 spiro atoms. The van der Waals surface area contributed by atoms with Crippen molar-refractivity contribution < 1.29 is 24.0 Å². The van der Waals surface area contributed by atoms with E-state index in [0.717, 1.165) is 0 Å². The first-order valence-corrected chi connectivity index (χ1v) is 6.85. The molecule has 0 bridgehead atoms. The lowest BCUT2D eigenvalue weighted by atomic mass is 10.2. The summed E-state index contributed by atoms with van der Waals surface area (Å²) in [4.78, 5) is 33.7. The fourth-order valence-corrected chi connectivity index (χ4v) is 1.86. The molecule has 1 N–H and O–H groups in total. The van der Waals surface area contributed by atoms with Crippen molar-refractivity contribution in [2.24, 2.45) is 0 Å². The van der Waals surface area contributed by atoms with E-state index in [1.807, 2.05) is 0 Å². The first kappa shape index (κ1) is 16.9. The van der Waals surface area contributed by atoms with Gasteiger partial charge in [-0.3, -0.25) is 14.9 Å². The fraction of sp³-hybridized carbons (Fsp3) is 0.125. The molecule has 124 valence electrons. The minimum atomic E-state index is -0.678. The molecule has 8 nitrogen and oxygen atoms in total. The number of esters is 1. The molecule has 0 radical (unpaired) electrons. The van der Waals surface area contributed by atoms with Crippen LogP contribution in [-0.2, 0) is 9.53 Å². The summed E-state index contributed by atoms with van der Waals surface area (Å²) in [5.41, 5.74) is 0.338. The van der Waals surface area contributed by atoms with E-state index in [1.165, 1.54) is 43.5 Å². The second-order valence-electron chi connectivity index (χ2n) is 4.66. The summed E-state index contributed by atoms with van der Waals surface area (Å²) in [7, 11) is 1.47. The van der Waals surface area contributed by atoms with Gasteiger partial charge in [-0.25, -0.2) is 4.79 Å². The lowest BCUT2D eigenvalue weighted by Gasteiger charge is -2.07. The van der Waals surface area contributed by atoms with Crippen molar-refractivity contribution in [2.45, 2.75) is 0 Å². The number of nitro benzene ring substituents is 1. The van der Waals surface area contributed by atoms with Crippen molar-refractivity contribution in [3.63, 3.8) is 0 Å². The Balaban J connectivity index is 1.92. The van der Waals surface area contributed by atoms with Crippen molar-refractivity contribution in [3.8, 4) is 5.75 Å². The van der Waals surface area contributed by atoms with Gasteiger partial charge in [0.1, 0.15) is 5.75 Å². The van der Waals surface area contributed by atoms with Crippen LogP contribution < -0.4 is 10.1 Å². The van der Waals surface area contributed by atoms with Crippen LogP contribution in [0.3, 0.4) is 0 Å². The van der Waals surface area contributed by atoms with E-state index in [-0.39, 0.29) is 16.9 Å². The zero-order chi connectivity index (χ0) is 17.5. The first-order valence-electron chi connectivity index (χ1n) is 6.85. The number of anilines is 1. The van der Waals surface area contributed by atoms with Gasteiger partial charge in [-0.2, -0.15) is 0 Å². The van der Waals surface area contributed by atoms with E-state index in [1.54, 1.807) is 12.1 Å². The molecule has 0 aliphatic rings. The van der Waals surface area contributed by atoms with E-state index in [9.17, 15) is 19.7 Å². The number of nitrogens with zero attached hydrogens (tertiary/aromatic N) is 1. The molecule has 24 heavy (non-hydrogen) atoms. The Kier molecular flexibility index (Phi) is 5.45. The predicted molar refractivity (Wildman–Crippen MR) is 85.0 cm³/mol. The molecule has 0 aliphatic carbocycles. The molecule has 0 aliphatic heterocycles. The van der Waals surface area contributed by atoms with E-state index in [2.05, 4.69) is 5.32 Å². The van der Waals surface area contributed by atoms with Crippen molar-refractivity contribution in [1.29, 1.82) is 0 Å². The topological polar surface area (TPSA) is 108 Å². The summed E-state index contributed by atoms with van der Waals surface area (Å²) in [5.74, 6) is -0.791. The highest BCUT2D eigenvalue weighted by Gasteiger charge is 2.12. The van der Waals surface area contributed by atoms with Crippen LogP contribution in [0.15, 0.2) is 48.5 Å². The Hall–Kier alpha value is -3.42. The van der Waals surface area contributed by atoms with Gasteiger partial charge in [0, 0.05) is 17.8 Å². The van der Waals surface area contributed by atoms with Crippen molar-refractivity contribution in [1.82, 2.24) is 0 Å². The number of ether oxygens (including phenoxy) is 2. The second kappa shape index (κ2) is 7.73. The van der Waals surface area contributed by atoms with Crippen LogP contribution in [0.25, 0.3) is 0 Å². The van der Waals surface area contributed by atoms with Crippen LogP contribution in [-0.4, -0.2) is 30.5 Å². The maximum Gasteiger partial charge on any atom is 0.338 e. The van der Waals surface area contributed by atoms with Gasteiger partial charge in [-0.05, 0) is 24.3 Å². The van der Waals surface area contributed by atoms with Gasteiger partial charge in [-0.15, -0.1) is 0 Å². The number of carbonyl (C=O) groups is 2. The molecule has 0 saturated heterocycles. The monoisotopic (exact) mass is 330 g/mol. The Morgan fingerprint density at radius 3 is 2.62 bits per heavy atom. The smallest absolute Gasteiger partial charge is 0.338 e. The standard InChI is InChI=1S/C16H14N2O6/c1-23-14-7-2-4-11(8-14)16(20)24-10-15(19)17-12-5-3-6-13(9-12)18(21)22/h2-9H,10H2,1H3,(H,17,19). The number of amides is 1.